The van der Waals surface area contributed by atoms with Crippen LogP contribution in [0.3, 0.4) is 0 Å². The molecule has 56 heavy (non-hydrogen) atoms. The first-order valence-corrected chi connectivity index (χ1v) is 20.6. The van der Waals surface area contributed by atoms with Crippen LogP contribution in [-0.2, 0) is 58.4 Å². The van der Waals surface area contributed by atoms with Crippen LogP contribution in [0.25, 0.3) is 0 Å². The first kappa shape index (κ1) is 44.9. The number of rotatable bonds is 7. The molecule has 4 N–H and O–H groups in total. The van der Waals surface area contributed by atoms with Gasteiger partial charge in [0.25, 0.3) is 0 Å². The van der Waals surface area contributed by atoms with E-state index in [0.29, 0.717) is 36.5 Å². The summed E-state index contributed by atoms with van der Waals surface area (Å²) >= 11 is 0. The molecule has 0 radical (unpaired) electrons. The summed E-state index contributed by atoms with van der Waals surface area (Å²) < 4.78 is 0. The van der Waals surface area contributed by atoms with E-state index in [1.54, 1.807) is 0 Å². The van der Waals surface area contributed by atoms with E-state index in [1.165, 1.54) is 0 Å². The second-order valence-corrected chi connectivity index (χ2v) is 22.7. The summed E-state index contributed by atoms with van der Waals surface area (Å²) in [6.45, 7) is 38.5. The van der Waals surface area contributed by atoms with E-state index in [-0.39, 0.29) is 39.1 Å². The summed E-state index contributed by atoms with van der Waals surface area (Å²) in [6.07, 6.45) is 1.84. The number of aliphatic hydroxyl groups is 1. The molecule has 0 saturated heterocycles. The van der Waals surface area contributed by atoms with Gasteiger partial charge in [-0.15, -0.1) is 0 Å². The van der Waals surface area contributed by atoms with Gasteiger partial charge in [-0.2, -0.15) is 0 Å². The summed E-state index contributed by atoms with van der Waals surface area (Å²) in [5.74, 6) is 1.09. The fourth-order valence-corrected chi connectivity index (χ4v) is 7.99. The normalized spacial score (nSPS) is 13.4. The van der Waals surface area contributed by atoms with Crippen molar-refractivity contribution in [3.05, 3.63) is 121 Å². The lowest BCUT2D eigenvalue weighted by Crippen LogP contribution is -2.18. The van der Waals surface area contributed by atoms with E-state index in [2.05, 4.69) is 173 Å². The van der Waals surface area contributed by atoms with Crippen LogP contribution in [0.1, 0.15) is 197 Å². The third-order valence-electron chi connectivity index (χ3n) is 11.2. The highest BCUT2D eigenvalue weighted by Crippen LogP contribution is 2.44. The Morgan fingerprint density at radius 2 is 0.518 bits per heavy atom. The van der Waals surface area contributed by atoms with Crippen LogP contribution in [0.2, 0.25) is 0 Å². The maximum absolute atomic E-state index is 11.5. The number of aromatic hydroxyl groups is 3. The molecule has 0 amide bonds. The summed E-state index contributed by atoms with van der Waals surface area (Å²) in [4.78, 5) is 0. The average Bonchev–Trinajstić information content (AvgIpc) is 3.00. The van der Waals surface area contributed by atoms with Crippen LogP contribution in [0.15, 0.2) is 48.5 Å². The van der Waals surface area contributed by atoms with Crippen LogP contribution < -0.4 is 0 Å². The van der Waals surface area contributed by atoms with Crippen molar-refractivity contribution < 1.29 is 20.4 Å². The molecule has 0 aliphatic rings. The number of benzene rings is 4. The van der Waals surface area contributed by atoms with Crippen LogP contribution in [-0.4, -0.2) is 20.4 Å². The fourth-order valence-electron chi connectivity index (χ4n) is 7.99. The molecule has 0 atom stereocenters. The maximum atomic E-state index is 11.5. The Balaban J connectivity index is 2.04. The van der Waals surface area contributed by atoms with Crippen molar-refractivity contribution in [2.24, 2.45) is 0 Å². The molecule has 4 heteroatoms. The predicted octanol–water partition coefficient (Wildman–Crippen LogP) is 12.9. The van der Waals surface area contributed by atoms with Crippen LogP contribution >= 0.6 is 0 Å². The minimum atomic E-state index is -0.268. The quantitative estimate of drug-likeness (QED) is 0.151. The minimum Gasteiger partial charge on any atom is -0.507 e. The van der Waals surface area contributed by atoms with Crippen molar-refractivity contribution >= 4 is 0 Å². The second kappa shape index (κ2) is 15.2. The SMILES string of the molecule is CC(C)(C)c1cc(Cc2cc(Cc3cc(C(C)(C)C)c(O)c(C(C)(C)C)c3)c(CO)c(Cc3cc(C(C)(C)C)c(O)c(C(C)(C)C)c3)c2)cc(C(C)(C)C)c1O. The van der Waals surface area contributed by atoms with Crippen LogP contribution in [0, 0.1) is 0 Å². The predicted molar refractivity (Wildman–Crippen MR) is 237 cm³/mol. The van der Waals surface area contributed by atoms with Crippen LogP contribution in [0.5, 0.6) is 17.2 Å². The van der Waals surface area contributed by atoms with E-state index >= 15 is 0 Å². The van der Waals surface area contributed by atoms with Gasteiger partial charge >= 0.3 is 0 Å². The Labute approximate surface area is 340 Å². The summed E-state index contributed by atoms with van der Waals surface area (Å²) in [5, 5.41) is 45.9. The highest BCUT2D eigenvalue weighted by Gasteiger charge is 2.30. The number of phenolic OH excluding ortho intramolecular Hbond substituents is 3. The van der Waals surface area contributed by atoms with E-state index in [4.69, 9.17) is 0 Å². The van der Waals surface area contributed by atoms with Crippen molar-refractivity contribution in [3.8, 4) is 17.2 Å². The topological polar surface area (TPSA) is 80.9 Å². The smallest absolute Gasteiger partial charge is 0.123 e. The van der Waals surface area contributed by atoms with E-state index < -0.39 is 0 Å². The average molecular weight is 763 g/mol. The first-order valence-electron chi connectivity index (χ1n) is 20.6. The highest BCUT2D eigenvalue weighted by atomic mass is 16.3. The third kappa shape index (κ3) is 10.0. The van der Waals surface area contributed by atoms with E-state index in [9.17, 15) is 20.4 Å². The molecule has 306 valence electrons. The summed E-state index contributed by atoms with van der Waals surface area (Å²) in [5.41, 5.74) is 11.5. The van der Waals surface area contributed by atoms with Gasteiger partial charge in [-0.3, -0.25) is 0 Å². The molecule has 4 rings (SSSR count). The molecule has 0 aromatic heterocycles. The number of hydrogen-bond donors (Lipinski definition) is 4. The molecular weight excluding hydrogens is 689 g/mol. The second-order valence-electron chi connectivity index (χ2n) is 22.7. The summed E-state index contributed by atoms with van der Waals surface area (Å²) in [7, 11) is 0. The molecule has 0 saturated carbocycles. The standard InChI is InChI=1S/C52H74O4/c1-47(2,3)38-24-32(25-39(44(38)54)48(4,5)6)19-31-20-35(22-33-26-40(49(7,8)9)45(55)41(27-33)50(10,11)12)37(30-53)36(21-31)23-34-28-42(51(13,14)15)46(56)43(29-34)52(16,17)18/h20-21,24-29,53-56H,19,22-23,30H2,1-18H3. The van der Waals surface area contributed by atoms with E-state index in [1.807, 2.05) is 0 Å². The molecule has 0 aliphatic heterocycles. The molecule has 0 aliphatic carbocycles. The molecule has 4 nitrogen and oxygen atoms in total. The van der Waals surface area contributed by atoms with Crippen molar-refractivity contribution in [1.29, 1.82) is 0 Å². The largest absolute Gasteiger partial charge is 0.507 e. The monoisotopic (exact) mass is 763 g/mol. The Kier molecular flexibility index (Phi) is 12.2. The molecule has 0 spiro atoms. The number of aliphatic hydroxyl groups excluding tert-OH is 1. The van der Waals surface area contributed by atoms with Crippen molar-refractivity contribution in [3.63, 3.8) is 0 Å². The molecular formula is C52H74O4. The van der Waals surface area contributed by atoms with Gasteiger partial charge in [0.15, 0.2) is 0 Å². The van der Waals surface area contributed by atoms with E-state index in [0.717, 1.165) is 72.3 Å². The van der Waals surface area contributed by atoms with Gasteiger partial charge in [0.2, 0.25) is 0 Å². The Morgan fingerprint density at radius 1 is 0.321 bits per heavy atom. The van der Waals surface area contributed by atoms with Crippen LogP contribution in [0.4, 0.5) is 0 Å². The lowest BCUT2D eigenvalue weighted by Gasteiger charge is -2.29. The maximum Gasteiger partial charge on any atom is 0.123 e. The zero-order valence-electron chi connectivity index (χ0n) is 38.2. The molecule has 4 aromatic rings. The van der Waals surface area contributed by atoms with Crippen molar-refractivity contribution in [1.82, 2.24) is 0 Å². The van der Waals surface area contributed by atoms with Gasteiger partial charge in [0.05, 0.1) is 6.61 Å². The zero-order chi connectivity index (χ0) is 42.7. The van der Waals surface area contributed by atoms with Crippen molar-refractivity contribution in [2.75, 3.05) is 0 Å². The highest BCUT2D eigenvalue weighted by molar-refractivity contribution is 5.55. The van der Waals surface area contributed by atoms with Gasteiger partial charge in [0.1, 0.15) is 17.2 Å². The van der Waals surface area contributed by atoms with Gasteiger partial charge in [0, 0.05) is 0 Å². The third-order valence-corrected chi connectivity index (χ3v) is 11.2. The van der Waals surface area contributed by atoms with Gasteiger partial charge in [-0.25, -0.2) is 0 Å². The molecule has 4 aromatic carbocycles. The zero-order valence-corrected chi connectivity index (χ0v) is 38.2. The first-order chi connectivity index (χ1) is 25.2. The van der Waals surface area contributed by atoms with Gasteiger partial charge < -0.3 is 20.4 Å². The van der Waals surface area contributed by atoms with Gasteiger partial charge in [-0.1, -0.05) is 173 Å². The summed E-state index contributed by atoms with van der Waals surface area (Å²) in [6, 6.07) is 17.4. The van der Waals surface area contributed by atoms with Crippen molar-refractivity contribution in [2.45, 2.75) is 183 Å². The number of phenols is 3. The Bertz CT molecular complexity index is 1860. The number of hydrogen-bond acceptors (Lipinski definition) is 4. The fraction of sp³-hybridized carbons (Fsp3) is 0.538. The molecule has 0 bridgehead atoms. The lowest BCUT2D eigenvalue weighted by molar-refractivity contribution is 0.279. The molecule has 0 fully saturated rings. The Hall–Kier alpha value is -3.76. The Morgan fingerprint density at radius 3 is 0.714 bits per heavy atom. The lowest BCUT2D eigenvalue weighted by atomic mass is 9.77. The molecule has 0 heterocycles. The van der Waals surface area contributed by atoms with Gasteiger partial charge in [-0.05, 0) is 124 Å². The molecule has 0 unspecified atom stereocenters. The minimum absolute atomic E-state index is 0.112.